The lowest BCUT2D eigenvalue weighted by molar-refractivity contribution is -0.114. The van der Waals surface area contributed by atoms with Crippen molar-refractivity contribution in [3.05, 3.63) is 56.7 Å². The highest BCUT2D eigenvalue weighted by Gasteiger charge is 2.21. The zero-order chi connectivity index (χ0) is 20.7. The van der Waals surface area contributed by atoms with Crippen LogP contribution in [0.1, 0.15) is 32.3 Å². The third-order valence-electron chi connectivity index (χ3n) is 4.31. The van der Waals surface area contributed by atoms with Gasteiger partial charge in [-0.2, -0.15) is 0 Å². The van der Waals surface area contributed by atoms with Gasteiger partial charge in [0.1, 0.15) is 11.6 Å². The number of ether oxygens (including phenoxy) is 1. The van der Waals surface area contributed by atoms with Crippen molar-refractivity contribution in [1.29, 1.82) is 0 Å². The Morgan fingerprint density at radius 1 is 1.32 bits per heavy atom. The van der Waals surface area contributed by atoms with Crippen LogP contribution in [0.3, 0.4) is 0 Å². The van der Waals surface area contributed by atoms with Gasteiger partial charge >= 0.3 is 5.69 Å². The van der Waals surface area contributed by atoms with Crippen LogP contribution in [0.25, 0.3) is 6.08 Å². The minimum Gasteiger partial charge on any atom is -0.497 e. The van der Waals surface area contributed by atoms with Gasteiger partial charge in [0.15, 0.2) is 5.69 Å². The van der Waals surface area contributed by atoms with Crippen LogP contribution in [0.2, 0.25) is 0 Å². The van der Waals surface area contributed by atoms with E-state index < -0.39 is 17.2 Å². The van der Waals surface area contributed by atoms with Gasteiger partial charge in [-0.3, -0.25) is 19.1 Å². The van der Waals surface area contributed by atoms with Gasteiger partial charge in [0.25, 0.3) is 11.5 Å². The molecule has 0 aliphatic carbocycles. The maximum atomic E-state index is 12.7. The molecule has 8 heteroatoms. The number of aromatic amines is 1. The molecule has 8 nitrogen and oxygen atoms in total. The van der Waals surface area contributed by atoms with Gasteiger partial charge < -0.3 is 15.4 Å². The summed E-state index contributed by atoms with van der Waals surface area (Å²) in [5, 5.41) is 0. The van der Waals surface area contributed by atoms with Crippen molar-refractivity contribution in [3.63, 3.8) is 0 Å². The quantitative estimate of drug-likeness (QED) is 0.674. The predicted octanol–water partition coefficient (Wildman–Crippen LogP) is 1.99. The Labute approximate surface area is 163 Å². The Hall–Kier alpha value is -3.29. The Kier molecular flexibility index (Phi) is 7.20. The summed E-state index contributed by atoms with van der Waals surface area (Å²) in [6.45, 7) is 4.31. The van der Waals surface area contributed by atoms with Crippen molar-refractivity contribution < 1.29 is 9.53 Å². The number of hydrogen-bond donors (Lipinski definition) is 2. The Bertz CT molecular complexity index is 975. The van der Waals surface area contributed by atoms with E-state index in [1.54, 1.807) is 32.2 Å². The van der Waals surface area contributed by atoms with Gasteiger partial charge in [-0.05, 0) is 37.1 Å². The number of rotatable bonds is 8. The van der Waals surface area contributed by atoms with Gasteiger partial charge in [0, 0.05) is 19.2 Å². The molecule has 0 saturated heterocycles. The van der Waals surface area contributed by atoms with E-state index in [0.717, 1.165) is 18.4 Å². The number of nitrogens with two attached hydrogens (primary N) is 1. The highest BCUT2D eigenvalue weighted by Crippen LogP contribution is 2.18. The molecule has 0 aliphatic rings. The topological polar surface area (TPSA) is 110 Å². The monoisotopic (exact) mass is 386 g/mol. The molecule has 150 valence electrons. The average Bonchev–Trinajstić information content (AvgIpc) is 2.69. The van der Waals surface area contributed by atoms with Crippen molar-refractivity contribution in [3.8, 4) is 5.75 Å². The van der Waals surface area contributed by atoms with E-state index in [2.05, 4.69) is 4.98 Å². The Morgan fingerprint density at radius 2 is 2.07 bits per heavy atom. The summed E-state index contributed by atoms with van der Waals surface area (Å²) in [5.41, 5.74) is 5.60. The number of nitrogens with zero attached hydrogens (tertiary/aromatic N) is 2. The van der Waals surface area contributed by atoms with Crippen molar-refractivity contribution in [2.45, 2.75) is 33.2 Å². The molecule has 3 N–H and O–H groups in total. The number of nitrogens with one attached hydrogen (secondary N) is 1. The average molecular weight is 386 g/mol. The van der Waals surface area contributed by atoms with Gasteiger partial charge in [0.2, 0.25) is 0 Å². The highest BCUT2D eigenvalue weighted by atomic mass is 16.5. The van der Waals surface area contributed by atoms with E-state index in [1.807, 2.05) is 19.1 Å². The predicted molar refractivity (Wildman–Crippen MR) is 111 cm³/mol. The second-order valence-corrected chi connectivity index (χ2v) is 6.19. The number of unbranched alkanes of at least 4 members (excludes halogenated alkanes) is 1. The minimum absolute atomic E-state index is 0.00724. The molecular formula is C20H26N4O4. The zero-order valence-corrected chi connectivity index (χ0v) is 16.4. The van der Waals surface area contributed by atoms with E-state index in [1.165, 1.54) is 15.5 Å². The number of carbonyl (C=O) groups is 1. The first kappa shape index (κ1) is 21.0. The number of methoxy groups -OCH3 is 1. The maximum absolute atomic E-state index is 12.7. The molecule has 0 aliphatic heterocycles. The van der Waals surface area contributed by atoms with Crippen molar-refractivity contribution >= 4 is 23.5 Å². The highest BCUT2D eigenvalue weighted by molar-refractivity contribution is 6.05. The summed E-state index contributed by atoms with van der Waals surface area (Å²) in [4.78, 5) is 40.7. The van der Waals surface area contributed by atoms with Crippen molar-refractivity contribution in [1.82, 2.24) is 9.55 Å². The molecule has 0 saturated carbocycles. The number of amides is 1. The van der Waals surface area contributed by atoms with E-state index in [-0.39, 0.29) is 18.1 Å². The summed E-state index contributed by atoms with van der Waals surface area (Å²) in [5.74, 6) is 0.251. The van der Waals surface area contributed by atoms with Gasteiger partial charge in [-0.15, -0.1) is 0 Å². The molecule has 28 heavy (non-hydrogen) atoms. The normalized spacial score (nSPS) is 11.0. The molecule has 1 aromatic heterocycles. The van der Waals surface area contributed by atoms with Crippen LogP contribution >= 0.6 is 0 Å². The minimum atomic E-state index is -0.680. The van der Waals surface area contributed by atoms with Crippen molar-refractivity contribution in [2.75, 3.05) is 24.3 Å². The summed E-state index contributed by atoms with van der Waals surface area (Å²) >= 11 is 0. The SMILES string of the molecule is CCCCn1c(N)c(N(CC)C(=O)/C=C/c2cccc(OC)c2)c(=O)[nH]c1=O. The first-order chi connectivity index (χ1) is 13.4. The maximum Gasteiger partial charge on any atom is 0.330 e. The molecule has 0 unspecified atom stereocenters. The summed E-state index contributed by atoms with van der Waals surface area (Å²) < 4.78 is 6.46. The van der Waals surface area contributed by atoms with E-state index in [0.29, 0.717) is 12.3 Å². The van der Waals surface area contributed by atoms with Crippen LogP contribution in [0.15, 0.2) is 39.9 Å². The number of benzene rings is 1. The molecule has 0 fully saturated rings. The van der Waals surface area contributed by atoms with E-state index in [4.69, 9.17) is 10.5 Å². The summed E-state index contributed by atoms with van der Waals surface area (Å²) in [7, 11) is 1.56. The lowest BCUT2D eigenvalue weighted by Crippen LogP contribution is -2.40. The molecule has 1 aromatic carbocycles. The fourth-order valence-electron chi connectivity index (χ4n) is 2.80. The lowest BCUT2D eigenvalue weighted by atomic mass is 10.2. The molecule has 0 radical (unpaired) electrons. The van der Waals surface area contributed by atoms with Crippen LogP contribution in [-0.4, -0.2) is 29.1 Å². The summed E-state index contributed by atoms with van der Waals surface area (Å²) in [6.07, 6.45) is 4.58. The molecule has 2 rings (SSSR count). The molecule has 2 aromatic rings. The fraction of sp³-hybridized carbons (Fsp3) is 0.350. The molecule has 0 bridgehead atoms. The largest absolute Gasteiger partial charge is 0.497 e. The lowest BCUT2D eigenvalue weighted by Gasteiger charge is -2.21. The third-order valence-corrected chi connectivity index (χ3v) is 4.31. The molecule has 1 amide bonds. The number of H-pyrrole nitrogens is 1. The van der Waals surface area contributed by atoms with Crippen LogP contribution in [0, 0.1) is 0 Å². The van der Waals surface area contributed by atoms with Gasteiger partial charge in [-0.25, -0.2) is 4.79 Å². The number of aromatic nitrogens is 2. The second-order valence-electron chi connectivity index (χ2n) is 6.19. The zero-order valence-electron chi connectivity index (χ0n) is 16.4. The molecular weight excluding hydrogens is 360 g/mol. The smallest absolute Gasteiger partial charge is 0.330 e. The van der Waals surface area contributed by atoms with Crippen LogP contribution < -0.4 is 26.6 Å². The number of carbonyl (C=O) groups excluding carboxylic acids is 1. The number of nitrogen functional groups attached to an aromatic ring is 1. The van der Waals surface area contributed by atoms with Crippen LogP contribution in [0.4, 0.5) is 11.5 Å². The van der Waals surface area contributed by atoms with Gasteiger partial charge in [-0.1, -0.05) is 25.5 Å². The second kappa shape index (κ2) is 9.59. The molecule has 0 spiro atoms. The number of likely N-dealkylation sites (N-methyl/N-ethyl adjacent to an activating group) is 1. The fourth-order valence-corrected chi connectivity index (χ4v) is 2.80. The summed E-state index contributed by atoms with van der Waals surface area (Å²) in [6, 6.07) is 7.23. The third kappa shape index (κ3) is 4.70. The van der Waals surface area contributed by atoms with E-state index in [9.17, 15) is 14.4 Å². The van der Waals surface area contributed by atoms with E-state index >= 15 is 0 Å². The van der Waals surface area contributed by atoms with Gasteiger partial charge in [0.05, 0.1) is 7.11 Å². The Morgan fingerprint density at radius 3 is 2.71 bits per heavy atom. The van der Waals surface area contributed by atoms with Crippen LogP contribution in [0.5, 0.6) is 5.75 Å². The molecule has 1 heterocycles. The first-order valence-corrected chi connectivity index (χ1v) is 9.19. The standard InChI is InChI=1S/C20H26N4O4/c1-4-6-12-24-18(21)17(19(26)22-20(24)27)23(5-2)16(25)11-10-14-8-7-9-15(13-14)28-3/h7-11,13H,4-6,12,21H2,1-3H3,(H,22,26,27)/b11-10+. The number of anilines is 2. The number of hydrogen-bond acceptors (Lipinski definition) is 5. The van der Waals surface area contributed by atoms with Crippen molar-refractivity contribution in [2.24, 2.45) is 0 Å². The molecule has 0 atom stereocenters. The first-order valence-electron chi connectivity index (χ1n) is 9.19. The van der Waals surface area contributed by atoms with Crippen LogP contribution in [-0.2, 0) is 11.3 Å². The Balaban J connectivity index is 2.38.